The van der Waals surface area contributed by atoms with Crippen LogP contribution in [0, 0.1) is 12.3 Å². The van der Waals surface area contributed by atoms with Gasteiger partial charge in [0.1, 0.15) is 11.9 Å². The molecule has 4 heterocycles. The Morgan fingerprint density at radius 2 is 1.86 bits per heavy atom. The molecule has 0 saturated carbocycles. The fraction of sp³-hybridized carbons (Fsp3) is 0.438. The van der Waals surface area contributed by atoms with Gasteiger partial charge in [-0.05, 0) is 60.9 Å². The van der Waals surface area contributed by atoms with E-state index < -0.39 is 52.5 Å². The Kier molecular flexibility index (Phi) is 8.84. The lowest BCUT2D eigenvalue weighted by molar-refractivity contribution is -0.186. The summed E-state index contributed by atoms with van der Waals surface area (Å²) in [5.74, 6) is -1.47. The van der Waals surface area contributed by atoms with Crippen molar-refractivity contribution in [3.05, 3.63) is 77.1 Å². The van der Waals surface area contributed by atoms with E-state index in [1.807, 2.05) is 4.90 Å². The summed E-state index contributed by atoms with van der Waals surface area (Å²) in [6.07, 6.45) is -7.20. The van der Waals surface area contributed by atoms with Crippen molar-refractivity contribution >= 4 is 34.9 Å². The normalized spacial score (nSPS) is 23.3. The average Bonchev–Trinajstić information content (AvgIpc) is 3.66. The van der Waals surface area contributed by atoms with Gasteiger partial charge in [0.2, 0.25) is 17.9 Å². The van der Waals surface area contributed by atoms with Crippen LogP contribution in [0.25, 0.3) is 5.57 Å². The van der Waals surface area contributed by atoms with E-state index in [0.717, 1.165) is 22.9 Å². The number of nitrogens with two attached hydrogens (primary N) is 1. The van der Waals surface area contributed by atoms with E-state index in [9.17, 15) is 36.2 Å². The van der Waals surface area contributed by atoms with Crippen molar-refractivity contribution in [2.45, 2.75) is 62.1 Å². The summed E-state index contributed by atoms with van der Waals surface area (Å²) in [6, 6.07) is 6.60. The molecule has 17 heteroatoms. The molecule has 0 amide bonds. The molecule has 2 saturated heterocycles. The minimum Gasteiger partial charge on any atom is -0.480 e. The number of aromatic nitrogens is 4. The van der Waals surface area contributed by atoms with Crippen LogP contribution in [-0.4, -0.2) is 68.8 Å². The summed E-state index contributed by atoms with van der Waals surface area (Å²) < 4.78 is 92.0. The van der Waals surface area contributed by atoms with Gasteiger partial charge in [-0.1, -0.05) is 35.9 Å². The van der Waals surface area contributed by atoms with Gasteiger partial charge < -0.3 is 25.8 Å². The third-order valence-electron chi connectivity index (χ3n) is 9.31. The summed E-state index contributed by atoms with van der Waals surface area (Å²) in [7, 11) is 0. The molecule has 3 atom stereocenters. The Bertz CT molecular complexity index is 1800. The number of carboxylic acids is 1. The minimum atomic E-state index is -5.04. The minimum absolute atomic E-state index is 0.131. The van der Waals surface area contributed by atoms with Crippen LogP contribution in [0.15, 0.2) is 60.3 Å². The molecule has 1 aromatic carbocycles. The maximum Gasteiger partial charge on any atom is 0.429 e. The van der Waals surface area contributed by atoms with Gasteiger partial charge in [-0.15, -0.1) is 0 Å². The smallest absolute Gasteiger partial charge is 0.429 e. The van der Waals surface area contributed by atoms with E-state index in [0.29, 0.717) is 44.6 Å². The van der Waals surface area contributed by atoms with Crippen LogP contribution in [-0.2, 0) is 16.0 Å². The zero-order valence-corrected chi connectivity index (χ0v) is 26.8. The number of carbonyl (C=O) groups is 1. The number of hydrogen-bond acceptors (Lipinski definition) is 8. The van der Waals surface area contributed by atoms with Crippen LogP contribution in [0.3, 0.4) is 0 Å². The number of hydrogen-bond donors (Lipinski definition) is 3. The lowest BCUT2D eigenvalue weighted by Crippen LogP contribution is -2.46. The van der Waals surface area contributed by atoms with Crippen LogP contribution < -0.4 is 20.7 Å². The molecule has 2 fully saturated rings. The largest absolute Gasteiger partial charge is 0.480 e. The first-order valence-electron chi connectivity index (χ1n) is 15.4. The number of rotatable bonds is 7. The summed E-state index contributed by atoms with van der Waals surface area (Å²) in [5.41, 5.74) is 5.16. The van der Waals surface area contributed by atoms with E-state index >= 15 is 0 Å². The van der Waals surface area contributed by atoms with E-state index in [-0.39, 0.29) is 34.7 Å². The maximum absolute atomic E-state index is 14.9. The highest BCUT2D eigenvalue weighted by Crippen LogP contribution is 2.48. The lowest BCUT2D eigenvalue weighted by atomic mass is 9.76. The number of nitrogen functional groups attached to an aromatic ring is 1. The summed E-state index contributed by atoms with van der Waals surface area (Å²) in [6.45, 7) is 3.06. The van der Waals surface area contributed by atoms with Crippen LogP contribution in [0.5, 0.6) is 5.88 Å². The van der Waals surface area contributed by atoms with Gasteiger partial charge in [-0.3, -0.25) is 4.79 Å². The fourth-order valence-corrected chi connectivity index (χ4v) is 7.10. The number of aliphatic carboxylic acids is 1. The van der Waals surface area contributed by atoms with Crippen LogP contribution >= 0.6 is 11.6 Å². The number of piperidine rings is 1. The number of anilines is 2. The first-order chi connectivity index (χ1) is 23.0. The van der Waals surface area contributed by atoms with Gasteiger partial charge >= 0.3 is 18.3 Å². The van der Waals surface area contributed by atoms with E-state index in [1.165, 1.54) is 36.5 Å². The molecular formula is C32H32ClF6N7O3. The number of allylic oxidation sites excluding steroid dienone is 3. The van der Waals surface area contributed by atoms with Crippen molar-refractivity contribution in [3.8, 4) is 5.88 Å². The standard InChI is InChI=1S/C32H32ClF6N7O3/c1-18-7-10-46(44-18)30(33)15-20(19-3-2-4-21(13-19)31(34,35)36)5-6-22(30)26(32(37,38)39)49-25-14-24(42-28(40)43-25)45-11-8-29(9-12-45)16-23(27(47)48)41-17-29/h2-7,10,13-14,23,26,41H,8-9,11-12,15-17H2,1H3,(H,47,48)(H2,40,42,43). The molecule has 1 aliphatic carbocycles. The first-order valence-corrected chi connectivity index (χ1v) is 15.7. The van der Waals surface area contributed by atoms with Gasteiger partial charge in [-0.2, -0.15) is 41.4 Å². The second kappa shape index (κ2) is 12.5. The molecule has 49 heavy (non-hydrogen) atoms. The maximum atomic E-state index is 14.9. The number of benzene rings is 1. The van der Waals surface area contributed by atoms with Gasteiger partial charge in [-0.25, -0.2) is 4.68 Å². The molecule has 2 aliphatic heterocycles. The van der Waals surface area contributed by atoms with Gasteiger partial charge in [0.25, 0.3) is 0 Å². The number of halogens is 7. The zero-order chi connectivity index (χ0) is 35.4. The number of carboxylic acid groups (broad SMARTS) is 1. The van der Waals surface area contributed by atoms with E-state index in [2.05, 4.69) is 20.4 Å². The number of alkyl halides is 7. The molecule has 3 unspecified atom stereocenters. The monoisotopic (exact) mass is 711 g/mol. The molecule has 4 N–H and O–H groups in total. The highest BCUT2D eigenvalue weighted by atomic mass is 35.5. The van der Waals surface area contributed by atoms with Crippen molar-refractivity contribution in [3.63, 3.8) is 0 Å². The molecule has 2 aromatic heterocycles. The van der Waals surface area contributed by atoms with Crippen LogP contribution in [0.1, 0.15) is 42.5 Å². The molecule has 3 aromatic rings. The predicted octanol–water partition coefficient (Wildman–Crippen LogP) is 5.93. The Labute approximate surface area is 281 Å². The molecule has 1 spiro atoms. The Morgan fingerprint density at radius 3 is 2.47 bits per heavy atom. The van der Waals surface area contributed by atoms with Crippen molar-refractivity contribution in [1.82, 2.24) is 25.1 Å². The van der Waals surface area contributed by atoms with Crippen LogP contribution in [0.2, 0.25) is 0 Å². The van der Waals surface area contributed by atoms with Crippen molar-refractivity contribution in [1.29, 1.82) is 0 Å². The molecule has 262 valence electrons. The van der Waals surface area contributed by atoms with Gasteiger partial charge in [0.15, 0.2) is 5.00 Å². The SMILES string of the molecule is Cc1ccn(C2(Cl)CC(c3cccc(C(F)(F)F)c3)=CC=C2C(Oc2cc(N3CCC4(CC3)CNC(C(=O)O)C4)nc(N)n2)C(F)(F)F)n1. The lowest BCUT2D eigenvalue weighted by Gasteiger charge is -2.39. The van der Waals surface area contributed by atoms with Crippen molar-refractivity contribution in [2.75, 3.05) is 30.3 Å². The molecule has 0 bridgehead atoms. The zero-order valence-electron chi connectivity index (χ0n) is 26.0. The average molecular weight is 712 g/mol. The topological polar surface area (TPSA) is 131 Å². The summed E-state index contributed by atoms with van der Waals surface area (Å²) >= 11 is 7.08. The molecule has 6 rings (SSSR count). The summed E-state index contributed by atoms with van der Waals surface area (Å²) in [5, 5.41) is 16.7. The van der Waals surface area contributed by atoms with Crippen molar-refractivity contribution < 1.29 is 41.0 Å². The third-order valence-corrected chi connectivity index (χ3v) is 9.83. The Morgan fingerprint density at radius 1 is 1.12 bits per heavy atom. The quantitative estimate of drug-likeness (QED) is 0.202. The second-order valence-corrected chi connectivity index (χ2v) is 13.3. The molecule has 0 radical (unpaired) electrons. The number of ether oxygens (including phenoxy) is 1. The summed E-state index contributed by atoms with van der Waals surface area (Å²) in [4.78, 5) is 19.4. The first kappa shape index (κ1) is 34.5. The Balaban J connectivity index is 1.32. The van der Waals surface area contributed by atoms with E-state index in [4.69, 9.17) is 22.1 Å². The molecule has 10 nitrogen and oxygen atoms in total. The number of nitrogens with zero attached hydrogens (tertiary/aromatic N) is 5. The van der Waals surface area contributed by atoms with Gasteiger partial charge in [0, 0.05) is 43.9 Å². The molecular weight excluding hydrogens is 680 g/mol. The number of aryl methyl sites for hydroxylation is 1. The number of nitrogens with one attached hydrogen (secondary N) is 1. The van der Waals surface area contributed by atoms with Gasteiger partial charge in [0.05, 0.1) is 11.3 Å². The molecule has 3 aliphatic rings. The third kappa shape index (κ3) is 7.06. The van der Waals surface area contributed by atoms with Crippen LogP contribution in [0.4, 0.5) is 38.1 Å². The predicted molar refractivity (Wildman–Crippen MR) is 168 cm³/mol. The van der Waals surface area contributed by atoms with Crippen molar-refractivity contribution in [2.24, 2.45) is 5.41 Å². The van der Waals surface area contributed by atoms with E-state index in [1.54, 1.807) is 6.92 Å². The second-order valence-electron chi connectivity index (χ2n) is 12.7. The highest BCUT2D eigenvalue weighted by Gasteiger charge is 2.53. The highest BCUT2D eigenvalue weighted by molar-refractivity contribution is 6.24. The Hall–Kier alpha value is -4.31. The fourth-order valence-electron chi connectivity index (χ4n) is 6.70.